The fourth-order valence-electron chi connectivity index (χ4n) is 5.95. The second kappa shape index (κ2) is 9.55. The van der Waals surface area contributed by atoms with Crippen molar-refractivity contribution in [1.82, 2.24) is 20.3 Å². The van der Waals surface area contributed by atoms with Crippen LogP contribution >= 0.6 is 23.2 Å². The van der Waals surface area contributed by atoms with Gasteiger partial charge in [-0.1, -0.05) is 39.6 Å². The first kappa shape index (κ1) is 23.9. The van der Waals surface area contributed by atoms with Gasteiger partial charge in [-0.25, -0.2) is 4.79 Å². The van der Waals surface area contributed by atoms with Crippen LogP contribution in [0.5, 0.6) is 0 Å². The van der Waals surface area contributed by atoms with Crippen molar-refractivity contribution in [3.8, 4) is 22.8 Å². The largest absolute Gasteiger partial charge is 0.439 e. The highest BCUT2D eigenvalue weighted by Crippen LogP contribution is 2.47. The van der Waals surface area contributed by atoms with Gasteiger partial charge in [0.1, 0.15) is 17.1 Å². The average molecular weight is 554 g/mol. The van der Waals surface area contributed by atoms with E-state index in [1.54, 1.807) is 0 Å². The van der Waals surface area contributed by atoms with E-state index in [0.717, 1.165) is 55.5 Å². The van der Waals surface area contributed by atoms with Gasteiger partial charge in [-0.05, 0) is 62.8 Å². The molecule has 2 saturated heterocycles. The molecule has 3 atom stereocenters. The van der Waals surface area contributed by atoms with Crippen molar-refractivity contribution in [3.63, 3.8) is 0 Å². The number of pyridine rings is 1. The van der Waals surface area contributed by atoms with Crippen LogP contribution in [0.2, 0.25) is 10.0 Å². The summed E-state index contributed by atoms with van der Waals surface area (Å²) in [7, 11) is 0. The number of rotatable bonds is 7. The van der Waals surface area contributed by atoms with Crippen LogP contribution in [0.25, 0.3) is 22.8 Å². The van der Waals surface area contributed by atoms with Gasteiger partial charge in [0.25, 0.3) is 0 Å². The normalized spacial score (nSPS) is 22.8. The molecular weight excluding hydrogens is 529 g/mol. The molecule has 1 aliphatic carbocycles. The Bertz CT molecular complexity index is 1490. The molecule has 3 aliphatic rings. The number of fused-ring (bicyclic) bond motifs is 2. The summed E-state index contributed by atoms with van der Waals surface area (Å²) in [4.78, 5) is 20.8. The maximum absolute atomic E-state index is 11.3. The fraction of sp³-hybridized carbons (Fsp3) is 0.407. The number of H-pyrrole nitrogens is 1. The lowest BCUT2D eigenvalue weighted by Crippen LogP contribution is -2.45. The third kappa shape index (κ3) is 4.32. The lowest BCUT2D eigenvalue weighted by Gasteiger charge is -2.40. The highest BCUT2D eigenvalue weighted by molar-refractivity contribution is 6.39. The third-order valence-electron chi connectivity index (χ3n) is 7.85. The van der Waals surface area contributed by atoms with Gasteiger partial charge in [-0.2, -0.15) is 0 Å². The van der Waals surface area contributed by atoms with E-state index in [-0.39, 0.29) is 6.10 Å². The molecule has 0 amide bonds. The Labute approximate surface area is 228 Å². The van der Waals surface area contributed by atoms with E-state index in [9.17, 15) is 4.79 Å². The number of ether oxygens (including phenoxy) is 1. The van der Waals surface area contributed by atoms with Gasteiger partial charge >= 0.3 is 5.76 Å². The molecule has 9 nitrogen and oxygen atoms in total. The standard InChI is InChI=1S/C27H25Cl2N5O4/c28-20-2-1-3-21(29)23(20)24-19(25(37-32-24)14-4-5-14)13-36-18-10-15-6-7-16(11-18)34(15)17-8-9-22(30-12-17)26-31-27(35)38-33-26/h1-3,8-9,12,14-16,18H,4-7,10-11,13H2,(H,31,33,35)/t15-,16+,18+. The number of nitrogens with zero attached hydrogens (tertiary/aromatic N) is 4. The summed E-state index contributed by atoms with van der Waals surface area (Å²) in [5, 5.41) is 9.21. The van der Waals surface area contributed by atoms with Gasteiger partial charge in [-0.15, -0.1) is 0 Å². The lowest BCUT2D eigenvalue weighted by atomic mass is 9.98. The van der Waals surface area contributed by atoms with Gasteiger partial charge < -0.3 is 14.2 Å². The predicted molar refractivity (Wildman–Crippen MR) is 141 cm³/mol. The molecule has 1 aromatic carbocycles. The zero-order valence-corrected chi connectivity index (χ0v) is 21.9. The molecule has 1 N–H and O–H groups in total. The van der Waals surface area contributed by atoms with Crippen LogP contribution in [-0.2, 0) is 11.3 Å². The molecular formula is C27H25Cl2N5O4. The van der Waals surface area contributed by atoms with Crippen molar-refractivity contribution < 1.29 is 13.8 Å². The third-order valence-corrected chi connectivity index (χ3v) is 8.48. The Morgan fingerprint density at radius 2 is 1.76 bits per heavy atom. The van der Waals surface area contributed by atoms with Gasteiger partial charge in [0.05, 0.1) is 34.6 Å². The monoisotopic (exact) mass is 553 g/mol. The zero-order valence-electron chi connectivity index (χ0n) is 20.4. The minimum absolute atomic E-state index is 0.132. The van der Waals surface area contributed by atoms with Crippen molar-refractivity contribution in [1.29, 1.82) is 0 Å². The van der Waals surface area contributed by atoms with Crippen LogP contribution in [-0.4, -0.2) is 38.5 Å². The van der Waals surface area contributed by atoms with Crippen molar-refractivity contribution in [2.75, 3.05) is 4.90 Å². The first-order valence-electron chi connectivity index (χ1n) is 12.9. The molecule has 3 aromatic heterocycles. The molecule has 0 radical (unpaired) electrons. The molecule has 0 spiro atoms. The lowest BCUT2D eigenvalue weighted by molar-refractivity contribution is 0.0147. The Balaban J connectivity index is 1.07. The topological polar surface area (TPSA) is 110 Å². The summed E-state index contributed by atoms with van der Waals surface area (Å²) in [6.45, 7) is 0.419. The van der Waals surface area contributed by atoms with E-state index in [4.69, 9.17) is 32.5 Å². The Kier molecular flexibility index (Phi) is 6.02. The first-order chi connectivity index (χ1) is 18.5. The van der Waals surface area contributed by atoms with E-state index in [0.29, 0.717) is 57.4 Å². The highest BCUT2D eigenvalue weighted by Gasteiger charge is 2.42. The molecule has 11 heteroatoms. The van der Waals surface area contributed by atoms with Crippen LogP contribution in [0.15, 0.2) is 50.4 Å². The van der Waals surface area contributed by atoms with Gasteiger partial charge in [0, 0.05) is 29.1 Å². The van der Waals surface area contributed by atoms with Crippen molar-refractivity contribution >= 4 is 28.9 Å². The summed E-state index contributed by atoms with van der Waals surface area (Å²) in [5.41, 5.74) is 3.98. The van der Waals surface area contributed by atoms with Crippen molar-refractivity contribution in [2.24, 2.45) is 0 Å². The van der Waals surface area contributed by atoms with E-state index in [1.807, 2.05) is 36.5 Å². The van der Waals surface area contributed by atoms with Crippen molar-refractivity contribution in [3.05, 3.63) is 68.4 Å². The van der Waals surface area contributed by atoms with E-state index < -0.39 is 5.76 Å². The summed E-state index contributed by atoms with van der Waals surface area (Å²) in [6.07, 6.45) is 8.26. The van der Waals surface area contributed by atoms with Crippen LogP contribution < -0.4 is 10.7 Å². The summed E-state index contributed by atoms with van der Waals surface area (Å²) >= 11 is 13.0. The number of nitrogens with one attached hydrogen (secondary N) is 1. The molecule has 4 aromatic rings. The minimum Gasteiger partial charge on any atom is -0.373 e. The SMILES string of the molecule is O=c1[nH]c(-c2ccc(N3[C@@H]4CC[C@H]3C[C@@H](OCc3c(-c5c(Cl)cccc5Cl)noc3C3CC3)C4)cn2)no1. The van der Waals surface area contributed by atoms with Gasteiger partial charge in [0.15, 0.2) is 0 Å². The summed E-state index contributed by atoms with van der Waals surface area (Å²) in [6, 6.07) is 10.1. The molecule has 1 saturated carbocycles. The van der Waals surface area contributed by atoms with Crippen molar-refractivity contribution in [2.45, 2.75) is 69.2 Å². The van der Waals surface area contributed by atoms with Crippen LogP contribution in [0.1, 0.15) is 55.8 Å². The smallest absolute Gasteiger partial charge is 0.373 e. The predicted octanol–water partition coefficient (Wildman–Crippen LogP) is 5.98. The fourth-order valence-corrected chi connectivity index (χ4v) is 6.53. The Hall–Kier alpha value is -3.14. The maximum Gasteiger partial charge on any atom is 0.439 e. The number of hydrogen-bond donors (Lipinski definition) is 1. The molecule has 0 unspecified atom stereocenters. The molecule has 5 heterocycles. The molecule has 38 heavy (non-hydrogen) atoms. The number of hydrogen-bond acceptors (Lipinski definition) is 8. The molecule has 196 valence electrons. The van der Waals surface area contributed by atoms with Crippen LogP contribution in [0.3, 0.4) is 0 Å². The minimum atomic E-state index is -0.594. The van der Waals surface area contributed by atoms with E-state index in [2.05, 4.69) is 29.7 Å². The summed E-state index contributed by atoms with van der Waals surface area (Å²) < 4.78 is 16.9. The van der Waals surface area contributed by atoms with E-state index >= 15 is 0 Å². The van der Waals surface area contributed by atoms with E-state index in [1.165, 1.54) is 0 Å². The second-order valence-electron chi connectivity index (χ2n) is 10.3. The molecule has 2 bridgehead atoms. The van der Waals surface area contributed by atoms with Crippen LogP contribution in [0, 0.1) is 0 Å². The number of aromatic nitrogens is 4. The number of benzene rings is 1. The Morgan fingerprint density at radius 1 is 1.00 bits per heavy atom. The summed E-state index contributed by atoms with van der Waals surface area (Å²) in [5.74, 6) is 1.02. The number of halogens is 2. The number of piperidine rings is 1. The molecule has 2 aliphatic heterocycles. The number of anilines is 1. The number of aromatic amines is 1. The maximum atomic E-state index is 11.3. The molecule has 7 rings (SSSR count). The Morgan fingerprint density at radius 3 is 2.39 bits per heavy atom. The van der Waals surface area contributed by atoms with Gasteiger partial charge in [-0.3, -0.25) is 14.5 Å². The highest BCUT2D eigenvalue weighted by atomic mass is 35.5. The second-order valence-corrected chi connectivity index (χ2v) is 11.1. The van der Waals surface area contributed by atoms with Crippen LogP contribution in [0.4, 0.5) is 5.69 Å². The first-order valence-corrected chi connectivity index (χ1v) is 13.7. The average Bonchev–Trinajstić information content (AvgIpc) is 3.44. The zero-order chi connectivity index (χ0) is 25.8. The molecule has 3 fully saturated rings. The quantitative estimate of drug-likeness (QED) is 0.297. The van der Waals surface area contributed by atoms with Gasteiger partial charge in [0.2, 0.25) is 5.82 Å².